The monoisotopic (exact) mass is 311 g/mol. The fourth-order valence-corrected chi connectivity index (χ4v) is 4.08. The Labute approximate surface area is 115 Å². The molecule has 0 bridgehead atoms. The van der Waals surface area contributed by atoms with Crippen LogP contribution in [0.2, 0.25) is 8.67 Å². The molecule has 1 atom stereocenters. The predicted octanol–water partition coefficient (Wildman–Crippen LogP) is 2.65. The van der Waals surface area contributed by atoms with Gasteiger partial charge in [0.2, 0.25) is 0 Å². The SMILES string of the molecule is O=C(O)[C@@H]1CSCN1C(=O)c1cc(Cl)sc1Cl. The minimum absolute atomic E-state index is 0.274. The summed E-state index contributed by atoms with van der Waals surface area (Å²) in [5, 5.41) is 8.99. The number of thioether (sulfide) groups is 1. The molecule has 1 aliphatic rings. The Balaban J connectivity index is 2.25. The second-order valence-electron chi connectivity index (χ2n) is 3.37. The number of rotatable bonds is 2. The molecule has 92 valence electrons. The summed E-state index contributed by atoms with van der Waals surface area (Å²) in [4.78, 5) is 24.4. The van der Waals surface area contributed by atoms with E-state index >= 15 is 0 Å². The molecule has 0 unspecified atom stereocenters. The molecule has 0 saturated carbocycles. The van der Waals surface area contributed by atoms with Gasteiger partial charge in [-0.2, -0.15) is 0 Å². The minimum Gasteiger partial charge on any atom is -0.480 e. The number of thiophene rings is 1. The number of aliphatic carboxylic acids is 1. The number of nitrogens with zero attached hydrogens (tertiary/aromatic N) is 1. The molecule has 1 aliphatic heterocycles. The Kier molecular flexibility index (Phi) is 3.87. The van der Waals surface area contributed by atoms with Crippen LogP contribution in [-0.4, -0.2) is 39.6 Å². The van der Waals surface area contributed by atoms with E-state index in [1.54, 1.807) is 0 Å². The molecule has 2 heterocycles. The zero-order valence-electron chi connectivity index (χ0n) is 8.35. The van der Waals surface area contributed by atoms with E-state index in [4.69, 9.17) is 28.3 Å². The third kappa shape index (κ3) is 2.54. The van der Waals surface area contributed by atoms with Gasteiger partial charge in [0.25, 0.3) is 5.91 Å². The summed E-state index contributed by atoms with van der Waals surface area (Å²) >= 11 is 14.1. The number of amides is 1. The number of hydrogen-bond donors (Lipinski definition) is 1. The first-order chi connectivity index (χ1) is 8.00. The van der Waals surface area contributed by atoms with Gasteiger partial charge in [-0.1, -0.05) is 23.2 Å². The summed E-state index contributed by atoms with van der Waals surface area (Å²) in [5.74, 6) is -0.618. The Morgan fingerprint density at radius 2 is 2.18 bits per heavy atom. The van der Waals surface area contributed by atoms with Crippen LogP contribution < -0.4 is 0 Å². The highest BCUT2D eigenvalue weighted by molar-refractivity contribution is 7.99. The summed E-state index contributed by atoms with van der Waals surface area (Å²) < 4.78 is 0.707. The number of hydrogen-bond acceptors (Lipinski definition) is 4. The number of carboxylic acids is 1. The van der Waals surface area contributed by atoms with Crippen molar-refractivity contribution in [2.24, 2.45) is 0 Å². The zero-order valence-corrected chi connectivity index (χ0v) is 11.5. The van der Waals surface area contributed by atoms with Crippen molar-refractivity contribution >= 4 is 58.2 Å². The van der Waals surface area contributed by atoms with Crippen LogP contribution in [0.4, 0.5) is 0 Å². The molecule has 1 aromatic heterocycles. The number of halogens is 2. The normalized spacial score (nSPS) is 19.6. The number of carbonyl (C=O) groups is 2. The van der Waals surface area contributed by atoms with E-state index in [-0.39, 0.29) is 11.5 Å². The quantitative estimate of drug-likeness (QED) is 0.912. The van der Waals surface area contributed by atoms with Gasteiger partial charge in [-0.25, -0.2) is 4.79 Å². The second kappa shape index (κ2) is 5.06. The lowest BCUT2D eigenvalue weighted by molar-refractivity contribution is -0.140. The molecule has 2 rings (SSSR count). The Bertz CT molecular complexity index is 477. The van der Waals surface area contributed by atoms with Crippen molar-refractivity contribution in [3.8, 4) is 0 Å². The van der Waals surface area contributed by atoms with Crippen molar-refractivity contribution in [2.75, 3.05) is 11.6 Å². The summed E-state index contributed by atoms with van der Waals surface area (Å²) in [5.41, 5.74) is 0.274. The fraction of sp³-hybridized carbons (Fsp3) is 0.333. The van der Waals surface area contributed by atoms with Crippen molar-refractivity contribution < 1.29 is 14.7 Å². The predicted molar refractivity (Wildman–Crippen MR) is 69.3 cm³/mol. The van der Waals surface area contributed by atoms with Crippen LogP contribution in [0.3, 0.4) is 0 Å². The third-order valence-corrected chi connectivity index (χ3v) is 4.82. The lowest BCUT2D eigenvalue weighted by Gasteiger charge is -2.19. The first-order valence-electron chi connectivity index (χ1n) is 4.57. The Morgan fingerprint density at radius 1 is 1.47 bits per heavy atom. The van der Waals surface area contributed by atoms with Crippen LogP contribution in [0.15, 0.2) is 6.07 Å². The molecule has 1 fully saturated rings. The molecule has 1 saturated heterocycles. The van der Waals surface area contributed by atoms with E-state index in [0.717, 1.165) is 11.3 Å². The van der Waals surface area contributed by atoms with Gasteiger partial charge < -0.3 is 10.0 Å². The molecule has 1 N–H and O–H groups in total. The fourth-order valence-electron chi connectivity index (χ4n) is 1.49. The molecular formula is C9H7Cl2NO3S2. The smallest absolute Gasteiger partial charge is 0.327 e. The van der Waals surface area contributed by atoms with Gasteiger partial charge in [-0.05, 0) is 6.07 Å². The first kappa shape index (κ1) is 13.0. The average molecular weight is 312 g/mol. The number of carbonyl (C=O) groups excluding carboxylic acids is 1. The molecule has 0 spiro atoms. The highest BCUT2D eigenvalue weighted by Gasteiger charge is 2.36. The van der Waals surface area contributed by atoms with Gasteiger partial charge in [-0.3, -0.25) is 4.79 Å². The summed E-state index contributed by atoms with van der Waals surface area (Å²) in [6.07, 6.45) is 0. The molecule has 8 heteroatoms. The van der Waals surface area contributed by atoms with Crippen molar-refractivity contribution in [3.05, 3.63) is 20.3 Å². The van der Waals surface area contributed by atoms with Crippen LogP contribution in [0.25, 0.3) is 0 Å². The van der Waals surface area contributed by atoms with Crippen LogP contribution in [0.5, 0.6) is 0 Å². The van der Waals surface area contributed by atoms with E-state index < -0.39 is 12.0 Å². The van der Waals surface area contributed by atoms with Crippen LogP contribution in [0.1, 0.15) is 10.4 Å². The third-order valence-electron chi connectivity index (χ3n) is 2.32. The minimum atomic E-state index is -0.999. The van der Waals surface area contributed by atoms with Gasteiger partial charge in [0.05, 0.1) is 15.8 Å². The number of carboxylic acid groups (broad SMARTS) is 1. The summed E-state index contributed by atoms with van der Waals surface area (Å²) in [6.45, 7) is 0. The standard InChI is InChI=1S/C9H7Cl2NO3S2/c10-6-1-4(7(11)17-6)8(13)12-3-16-2-5(12)9(14)15/h1,5H,2-3H2,(H,14,15)/t5-/m0/s1. The van der Waals surface area contributed by atoms with Crippen LogP contribution in [0, 0.1) is 0 Å². The maximum Gasteiger partial charge on any atom is 0.327 e. The van der Waals surface area contributed by atoms with Gasteiger partial charge >= 0.3 is 5.97 Å². The molecule has 0 radical (unpaired) electrons. The van der Waals surface area contributed by atoms with Crippen molar-refractivity contribution in [2.45, 2.75) is 6.04 Å². The topological polar surface area (TPSA) is 57.6 Å². The van der Waals surface area contributed by atoms with Crippen LogP contribution >= 0.6 is 46.3 Å². The second-order valence-corrected chi connectivity index (χ2v) is 6.65. The molecule has 0 aromatic carbocycles. The maximum absolute atomic E-state index is 12.1. The molecule has 1 aromatic rings. The highest BCUT2D eigenvalue weighted by atomic mass is 35.5. The summed E-state index contributed by atoms with van der Waals surface area (Å²) in [7, 11) is 0. The summed E-state index contributed by atoms with van der Waals surface area (Å²) in [6, 6.07) is 0.681. The molecule has 1 amide bonds. The molecule has 0 aliphatic carbocycles. The van der Waals surface area contributed by atoms with Crippen molar-refractivity contribution in [3.63, 3.8) is 0 Å². The van der Waals surface area contributed by atoms with Gasteiger partial charge in [-0.15, -0.1) is 23.1 Å². The van der Waals surface area contributed by atoms with Crippen LogP contribution in [-0.2, 0) is 4.79 Å². The largest absolute Gasteiger partial charge is 0.480 e. The zero-order chi connectivity index (χ0) is 12.6. The van der Waals surface area contributed by atoms with E-state index in [1.165, 1.54) is 22.7 Å². The van der Waals surface area contributed by atoms with Crippen molar-refractivity contribution in [1.82, 2.24) is 4.90 Å². The molecule has 4 nitrogen and oxygen atoms in total. The van der Waals surface area contributed by atoms with Crippen molar-refractivity contribution in [1.29, 1.82) is 0 Å². The first-order valence-corrected chi connectivity index (χ1v) is 7.29. The van der Waals surface area contributed by atoms with E-state index in [0.29, 0.717) is 20.3 Å². The molecule has 17 heavy (non-hydrogen) atoms. The average Bonchev–Trinajstić information content (AvgIpc) is 2.83. The Morgan fingerprint density at radius 3 is 2.71 bits per heavy atom. The van der Waals surface area contributed by atoms with Gasteiger partial charge in [0.15, 0.2) is 0 Å². The van der Waals surface area contributed by atoms with Gasteiger partial charge in [0.1, 0.15) is 10.4 Å². The van der Waals surface area contributed by atoms with E-state index in [1.807, 2.05) is 0 Å². The van der Waals surface area contributed by atoms with E-state index in [2.05, 4.69) is 0 Å². The van der Waals surface area contributed by atoms with Gasteiger partial charge in [0, 0.05) is 5.75 Å². The lowest BCUT2D eigenvalue weighted by Crippen LogP contribution is -2.41. The maximum atomic E-state index is 12.1. The van der Waals surface area contributed by atoms with E-state index in [9.17, 15) is 9.59 Å². The highest BCUT2D eigenvalue weighted by Crippen LogP contribution is 2.33. The lowest BCUT2D eigenvalue weighted by atomic mass is 10.2. The Hall–Kier alpha value is -0.430. The molecular weight excluding hydrogens is 305 g/mol.